The Bertz CT molecular complexity index is 443. The summed E-state index contributed by atoms with van der Waals surface area (Å²) in [7, 11) is 0. The highest BCUT2D eigenvalue weighted by Gasteiger charge is 2.33. The average molecular weight is 290 g/mol. The molecular weight excluding hydrogens is 264 g/mol. The molecule has 4 heteroatoms. The Kier molecular flexibility index (Phi) is 5.62. The average Bonchev–Trinajstić information content (AvgIpc) is 3.29. The molecule has 0 radical (unpaired) electrons. The van der Waals surface area contributed by atoms with Gasteiger partial charge in [-0.1, -0.05) is 44.2 Å². The molecule has 0 bridgehead atoms. The molecule has 1 fully saturated rings. The summed E-state index contributed by atoms with van der Waals surface area (Å²) in [6.45, 7) is 4.76. The summed E-state index contributed by atoms with van der Waals surface area (Å²) in [5.74, 6) is 0.503. The van der Waals surface area contributed by atoms with Crippen LogP contribution in [0.5, 0.6) is 0 Å². The number of nitrogens with zero attached hydrogens (tertiary/aromatic N) is 1. The normalized spacial score (nSPS) is 15.8. The highest BCUT2D eigenvalue weighted by molar-refractivity contribution is 5.75. The number of benzene rings is 1. The van der Waals surface area contributed by atoms with Crippen LogP contribution in [0.15, 0.2) is 30.3 Å². The molecule has 0 aromatic heterocycles. The third-order valence-electron chi connectivity index (χ3n) is 3.80. The van der Waals surface area contributed by atoms with Crippen LogP contribution in [0.4, 0.5) is 4.79 Å². The summed E-state index contributed by atoms with van der Waals surface area (Å²) in [6.07, 6.45) is 3.01. The highest BCUT2D eigenvalue weighted by Crippen LogP contribution is 2.28. The standard InChI is InChI=1S/C17H26N2O2/c1-13(2)12-16(14-6-4-3-5-7-14)18-17(21)19(10-11-20)15-8-9-15/h3-7,13,15-16,20H,8-12H2,1-2H3,(H,18,21). The van der Waals surface area contributed by atoms with Crippen LogP contribution < -0.4 is 5.32 Å². The topological polar surface area (TPSA) is 52.6 Å². The lowest BCUT2D eigenvalue weighted by Crippen LogP contribution is -2.44. The lowest BCUT2D eigenvalue weighted by Gasteiger charge is -2.27. The van der Waals surface area contributed by atoms with Crippen LogP contribution in [0.2, 0.25) is 0 Å². The molecule has 2 rings (SSSR count). The summed E-state index contributed by atoms with van der Waals surface area (Å²) < 4.78 is 0. The van der Waals surface area contributed by atoms with Crippen molar-refractivity contribution in [3.8, 4) is 0 Å². The Balaban J connectivity index is 2.05. The summed E-state index contributed by atoms with van der Waals surface area (Å²) >= 11 is 0. The van der Waals surface area contributed by atoms with E-state index in [0.29, 0.717) is 18.5 Å². The van der Waals surface area contributed by atoms with Crippen molar-refractivity contribution < 1.29 is 9.90 Å². The number of amides is 2. The van der Waals surface area contributed by atoms with Gasteiger partial charge in [-0.2, -0.15) is 0 Å². The molecule has 0 heterocycles. The maximum Gasteiger partial charge on any atom is 0.318 e. The smallest absolute Gasteiger partial charge is 0.318 e. The first-order valence-electron chi connectivity index (χ1n) is 7.84. The number of carbonyl (C=O) groups is 1. The largest absolute Gasteiger partial charge is 0.395 e. The second-order valence-electron chi connectivity index (χ2n) is 6.19. The predicted molar refractivity (Wildman–Crippen MR) is 84.0 cm³/mol. The van der Waals surface area contributed by atoms with Gasteiger partial charge in [0, 0.05) is 12.6 Å². The molecule has 0 saturated heterocycles. The highest BCUT2D eigenvalue weighted by atomic mass is 16.3. The Morgan fingerprint density at radius 1 is 1.33 bits per heavy atom. The van der Waals surface area contributed by atoms with E-state index in [-0.39, 0.29) is 18.7 Å². The van der Waals surface area contributed by atoms with Gasteiger partial charge in [0.05, 0.1) is 12.6 Å². The first kappa shape index (κ1) is 15.8. The number of hydrogen-bond acceptors (Lipinski definition) is 2. The number of carbonyl (C=O) groups excluding carboxylic acids is 1. The first-order valence-corrected chi connectivity index (χ1v) is 7.84. The van der Waals surface area contributed by atoms with E-state index in [0.717, 1.165) is 24.8 Å². The van der Waals surface area contributed by atoms with Crippen molar-refractivity contribution in [2.45, 2.75) is 45.2 Å². The molecule has 21 heavy (non-hydrogen) atoms. The van der Waals surface area contributed by atoms with Crippen LogP contribution in [-0.4, -0.2) is 35.2 Å². The predicted octanol–water partition coefficient (Wildman–Crippen LogP) is 2.94. The van der Waals surface area contributed by atoms with Gasteiger partial charge in [-0.3, -0.25) is 0 Å². The van der Waals surface area contributed by atoms with E-state index in [2.05, 4.69) is 31.3 Å². The Hall–Kier alpha value is -1.55. The van der Waals surface area contributed by atoms with Gasteiger partial charge in [0.15, 0.2) is 0 Å². The van der Waals surface area contributed by atoms with E-state index in [1.807, 2.05) is 18.2 Å². The summed E-state index contributed by atoms with van der Waals surface area (Å²) in [5.41, 5.74) is 1.14. The van der Waals surface area contributed by atoms with E-state index in [4.69, 9.17) is 5.11 Å². The van der Waals surface area contributed by atoms with Crippen LogP contribution in [0.3, 0.4) is 0 Å². The number of aliphatic hydroxyl groups excluding tert-OH is 1. The molecule has 2 N–H and O–H groups in total. The SMILES string of the molecule is CC(C)CC(NC(=O)N(CCO)C1CC1)c1ccccc1. The Morgan fingerprint density at radius 3 is 2.52 bits per heavy atom. The maximum atomic E-state index is 12.5. The van der Waals surface area contributed by atoms with E-state index in [1.54, 1.807) is 4.90 Å². The van der Waals surface area contributed by atoms with Gasteiger partial charge in [-0.15, -0.1) is 0 Å². The van der Waals surface area contributed by atoms with Crippen LogP contribution in [0, 0.1) is 5.92 Å². The molecule has 1 aromatic rings. The minimum absolute atomic E-state index is 0.0180. The maximum absolute atomic E-state index is 12.5. The second kappa shape index (κ2) is 7.46. The van der Waals surface area contributed by atoms with Crippen LogP contribution in [-0.2, 0) is 0 Å². The molecule has 1 aromatic carbocycles. The Labute approximate surface area is 127 Å². The summed E-state index contributed by atoms with van der Waals surface area (Å²) in [4.78, 5) is 14.3. The van der Waals surface area contributed by atoms with Gasteiger partial charge in [-0.25, -0.2) is 4.79 Å². The zero-order valence-corrected chi connectivity index (χ0v) is 13.0. The van der Waals surface area contributed by atoms with Gasteiger partial charge < -0.3 is 15.3 Å². The van der Waals surface area contributed by atoms with Crippen LogP contribution >= 0.6 is 0 Å². The fourth-order valence-electron chi connectivity index (χ4n) is 2.61. The van der Waals surface area contributed by atoms with Crippen molar-refractivity contribution in [1.29, 1.82) is 0 Å². The molecule has 2 amide bonds. The minimum Gasteiger partial charge on any atom is -0.395 e. The fourth-order valence-corrected chi connectivity index (χ4v) is 2.61. The first-order chi connectivity index (χ1) is 10.1. The monoisotopic (exact) mass is 290 g/mol. The molecule has 1 unspecified atom stereocenters. The van der Waals surface area contributed by atoms with Gasteiger partial charge in [0.25, 0.3) is 0 Å². The van der Waals surface area contributed by atoms with Crippen molar-refractivity contribution in [2.24, 2.45) is 5.92 Å². The molecule has 4 nitrogen and oxygen atoms in total. The number of hydrogen-bond donors (Lipinski definition) is 2. The molecule has 0 spiro atoms. The number of urea groups is 1. The summed E-state index contributed by atoms with van der Waals surface area (Å²) in [5, 5.41) is 12.3. The van der Waals surface area contributed by atoms with Gasteiger partial charge >= 0.3 is 6.03 Å². The minimum atomic E-state index is -0.0546. The third kappa shape index (κ3) is 4.74. The molecular formula is C17H26N2O2. The van der Waals surface area contributed by atoms with Crippen LogP contribution in [0.1, 0.15) is 44.7 Å². The van der Waals surface area contributed by atoms with Gasteiger partial charge in [0.1, 0.15) is 0 Å². The number of aliphatic hydroxyl groups is 1. The van der Waals surface area contributed by atoms with Crippen LogP contribution in [0.25, 0.3) is 0 Å². The number of nitrogens with one attached hydrogen (secondary N) is 1. The molecule has 1 saturated carbocycles. The van der Waals surface area contributed by atoms with E-state index in [1.165, 1.54) is 0 Å². The third-order valence-corrected chi connectivity index (χ3v) is 3.80. The quantitative estimate of drug-likeness (QED) is 0.811. The second-order valence-corrected chi connectivity index (χ2v) is 6.19. The van der Waals surface area contributed by atoms with Crippen molar-refractivity contribution in [1.82, 2.24) is 10.2 Å². The molecule has 116 valence electrons. The molecule has 1 atom stereocenters. The van der Waals surface area contributed by atoms with Gasteiger partial charge in [-0.05, 0) is 30.7 Å². The molecule has 1 aliphatic rings. The van der Waals surface area contributed by atoms with Crippen molar-refractivity contribution >= 4 is 6.03 Å². The zero-order chi connectivity index (χ0) is 15.2. The molecule has 1 aliphatic carbocycles. The fraction of sp³-hybridized carbons (Fsp3) is 0.588. The number of rotatable bonds is 7. The summed E-state index contributed by atoms with van der Waals surface area (Å²) in [6, 6.07) is 10.4. The lowest BCUT2D eigenvalue weighted by molar-refractivity contribution is 0.169. The zero-order valence-electron chi connectivity index (χ0n) is 13.0. The van der Waals surface area contributed by atoms with Crippen molar-refractivity contribution in [2.75, 3.05) is 13.2 Å². The van der Waals surface area contributed by atoms with E-state index in [9.17, 15) is 4.79 Å². The van der Waals surface area contributed by atoms with E-state index < -0.39 is 0 Å². The van der Waals surface area contributed by atoms with Crippen molar-refractivity contribution in [3.63, 3.8) is 0 Å². The molecule has 0 aliphatic heterocycles. The van der Waals surface area contributed by atoms with Gasteiger partial charge in [0.2, 0.25) is 0 Å². The Morgan fingerprint density at radius 2 is 2.00 bits per heavy atom. The van der Waals surface area contributed by atoms with E-state index >= 15 is 0 Å². The van der Waals surface area contributed by atoms with Crippen molar-refractivity contribution in [3.05, 3.63) is 35.9 Å². The lowest BCUT2D eigenvalue weighted by atomic mass is 9.97.